The van der Waals surface area contributed by atoms with E-state index in [9.17, 15) is 0 Å². The molecule has 2 aliphatic heterocycles. The van der Waals surface area contributed by atoms with Gasteiger partial charge in [0.15, 0.2) is 0 Å². The van der Waals surface area contributed by atoms with Crippen LogP contribution >= 0.6 is 23.4 Å². The molecule has 0 atom stereocenters. The number of hydrogen-bond donors (Lipinski definition) is 0. The predicted octanol–water partition coefficient (Wildman–Crippen LogP) is 2.95. The Balaban J connectivity index is 2.70. The van der Waals surface area contributed by atoms with Crippen molar-refractivity contribution in [2.24, 2.45) is 0 Å². The first-order valence-corrected chi connectivity index (χ1v) is 4.14. The fourth-order valence-electron chi connectivity index (χ4n) is 0.912. The van der Waals surface area contributed by atoms with Gasteiger partial charge in [0.05, 0.1) is 5.02 Å². The number of hydrogen-bond acceptors (Lipinski definition) is 1. The molecule has 0 N–H and O–H groups in total. The lowest BCUT2D eigenvalue weighted by atomic mass is 10.2. The zero-order valence-corrected chi connectivity index (χ0v) is 6.30. The highest BCUT2D eigenvalue weighted by Gasteiger charge is 2.08. The van der Waals surface area contributed by atoms with Crippen LogP contribution in [-0.2, 0) is 5.75 Å². The quantitative estimate of drug-likeness (QED) is 0.557. The molecule has 2 bridgehead atoms. The molecule has 9 heavy (non-hydrogen) atoms. The lowest BCUT2D eigenvalue weighted by molar-refractivity contribution is 1.29. The summed E-state index contributed by atoms with van der Waals surface area (Å²) in [5.41, 5.74) is 1.33. The standard InChI is InChI=1S/C7H5ClS/c8-6-3-5-1-2-7(6)9-4-5/h1-3H,4H2. The number of halogens is 1. The molecule has 0 aromatic heterocycles. The highest BCUT2D eigenvalue weighted by atomic mass is 35.5. The Kier molecular flexibility index (Phi) is 1.20. The van der Waals surface area contributed by atoms with Crippen LogP contribution in [0.2, 0.25) is 5.02 Å². The van der Waals surface area contributed by atoms with Gasteiger partial charge in [-0.1, -0.05) is 17.7 Å². The first kappa shape index (κ1) is 5.63. The molecular formula is C7H5ClS. The van der Waals surface area contributed by atoms with Crippen LogP contribution in [0.25, 0.3) is 0 Å². The van der Waals surface area contributed by atoms with Crippen molar-refractivity contribution in [1.29, 1.82) is 0 Å². The molecular weight excluding hydrogens is 152 g/mol. The summed E-state index contributed by atoms with van der Waals surface area (Å²) in [7, 11) is 0. The smallest absolute Gasteiger partial charge is 0.0545 e. The Hall–Kier alpha value is -0.140. The van der Waals surface area contributed by atoms with Crippen molar-refractivity contribution in [3.63, 3.8) is 0 Å². The highest BCUT2D eigenvalue weighted by molar-refractivity contribution is 7.98. The van der Waals surface area contributed by atoms with E-state index in [4.69, 9.17) is 11.6 Å². The normalized spacial score (nSPS) is 14.3. The summed E-state index contributed by atoms with van der Waals surface area (Å²) in [5.74, 6) is 1.10. The van der Waals surface area contributed by atoms with Crippen molar-refractivity contribution >= 4 is 23.4 Å². The van der Waals surface area contributed by atoms with Crippen LogP contribution in [0.15, 0.2) is 23.1 Å². The van der Waals surface area contributed by atoms with Crippen molar-refractivity contribution in [2.75, 3.05) is 0 Å². The number of thioether (sulfide) groups is 1. The summed E-state index contributed by atoms with van der Waals surface area (Å²) in [6.07, 6.45) is 0. The van der Waals surface area contributed by atoms with Gasteiger partial charge in [0, 0.05) is 10.6 Å². The Bertz CT molecular complexity index is 245. The predicted molar refractivity (Wildman–Crippen MR) is 41.0 cm³/mol. The fraction of sp³-hybridized carbons (Fsp3) is 0.143. The zero-order valence-electron chi connectivity index (χ0n) is 4.73. The molecule has 3 rings (SSSR count). The Labute approximate surface area is 63.2 Å². The molecule has 1 aromatic rings. The van der Waals surface area contributed by atoms with Gasteiger partial charge in [0.25, 0.3) is 0 Å². The lowest BCUT2D eigenvalue weighted by Crippen LogP contribution is -1.88. The first-order valence-electron chi connectivity index (χ1n) is 2.77. The van der Waals surface area contributed by atoms with Crippen LogP contribution in [0.3, 0.4) is 0 Å². The maximum atomic E-state index is 5.84. The molecule has 0 saturated heterocycles. The van der Waals surface area contributed by atoms with E-state index < -0.39 is 0 Å². The maximum absolute atomic E-state index is 5.84. The van der Waals surface area contributed by atoms with Crippen molar-refractivity contribution in [2.45, 2.75) is 10.6 Å². The van der Waals surface area contributed by atoms with E-state index in [-0.39, 0.29) is 0 Å². The van der Waals surface area contributed by atoms with Gasteiger partial charge < -0.3 is 0 Å². The minimum absolute atomic E-state index is 0.906. The van der Waals surface area contributed by atoms with E-state index in [2.05, 4.69) is 12.1 Å². The molecule has 46 valence electrons. The zero-order chi connectivity index (χ0) is 6.27. The van der Waals surface area contributed by atoms with Gasteiger partial charge in [0.2, 0.25) is 0 Å². The molecule has 0 radical (unpaired) electrons. The molecule has 0 fully saturated rings. The topological polar surface area (TPSA) is 0 Å². The third-order valence-corrected chi connectivity index (χ3v) is 2.96. The third-order valence-electron chi connectivity index (χ3n) is 1.39. The third kappa shape index (κ3) is 0.846. The molecule has 0 nitrogen and oxygen atoms in total. The largest absolute Gasteiger partial charge is 0.120 e. The van der Waals surface area contributed by atoms with E-state index in [0.717, 1.165) is 10.8 Å². The fourth-order valence-corrected chi connectivity index (χ4v) is 2.14. The van der Waals surface area contributed by atoms with Gasteiger partial charge in [-0.25, -0.2) is 0 Å². The van der Waals surface area contributed by atoms with E-state index in [0.29, 0.717) is 0 Å². The highest BCUT2D eigenvalue weighted by Crippen LogP contribution is 2.36. The Morgan fingerprint density at radius 1 is 1.44 bits per heavy atom. The molecule has 1 aromatic carbocycles. The molecule has 2 aliphatic rings. The Morgan fingerprint density at radius 2 is 2.33 bits per heavy atom. The number of rotatable bonds is 0. The number of fused-ring (bicyclic) bond motifs is 3. The summed E-state index contributed by atoms with van der Waals surface area (Å²) in [6, 6.07) is 6.23. The molecule has 0 amide bonds. The first-order chi connectivity index (χ1) is 4.36. The van der Waals surface area contributed by atoms with Crippen LogP contribution in [0.5, 0.6) is 0 Å². The van der Waals surface area contributed by atoms with E-state index >= 15 is 0 Å². The molecule has 2 heteroatoms. The average Bonchev–Trinajstić information content (AvgIpc) is 1.90. The van der Waals surface area contributed by atoms with Crippen molar-refractivity contribution in [3.05, 3.63) is 28.8 Å². The molecule has 0 aliphatic carbocycles. The monoisotopic (exact) mass is 156 g/mol. The van der Waals surface area contributed by atoms with E-state index in [1.807, 2.05) is 17.8 Å². The van der Waals surface area contributed by atoms with Crippen LogP contribution in [0.1, 0.15) is 5.56 Å². The lowest BCUT2D eigenvalue weighted by Gasteiger charge is -2.11. The second-order valence-corrected chi connectivity index (χ2v) is 3.48. The van der Waals surface area contributed by atoms with E-state index in [1.54, 1.807) is 0 Å². The van der Waals surface area contributed by atoms with Crippen LogP contribution < -0.4 is 0 Å². The van der Waals surface area contributed by atoms with Crippen LogP contribution in [0, 0.1) is 0 Å². The summed E-state index contributed by atoms with van der Waals surface area (Å²) in [6.45, 7) is 0. The second-order valence-electron chi connectivity index (χ2n) is 2.05. The van der Waals surface area contributed by atoms with Gasteiger partial charge in [-0.05, 0) is 17.7 Å². The molecule has 2 heterocycles. The molecule has 0 spiro atoms. The second kappa shape index (κ2) is 1.93. The summed E-state index contributed by atoms with van der Waals surface area (Å²) >= 11 is 7.66. The Morgan fingerprint density at radius 3 is 2.56 bits per heavy atom. The maximum Gasteiger partial charge on any atom is 0.0545 e. The van der Waals surface area contributed by atoms with Gasteiger partial charge in [0.1, 0.15) is 0 Å². The van der Waals surface area contributed by atoms with Crippen molar-refractivity contribution in [1.82, 2.24) is 0 Å². The van der Waals surface area contributed by atoms with Crippen LogP contribution in [0.4, 0.5) is 0 Å². The van der Waals surface area contributed by atoms with Gasteiger partial charge in [-0.3, -0.25) is 0 Å². The molecule has 0 saturated carbocycles. The minimum Gasteiger partial charge on any atom is -0.120 e. The van der Waals surface area contributed by atoms with Gasteiger partial charge in [-0.15, -0.1) is 11.8 Å². The average molecular weight is 157 g/mol. The van der Waals surface area contributed by atoms with Gasteiger partial charge in [-0.2, -0.15) is 0 Å². The van der Waals surface area contributed by atoms with Crippen molar-refractivity contribution < 1.29 is 0 Å². The van der Waals surface area contributed by atoms with Crippen LogP contribution in [-0.4, -0.2) is 0 Å². The SMILES string of the molecule is Clc1cc2ccc1SC2. The van der Waals surface area contributed by atoms with Gasteiger partial charge >= 0.3 is 0 Å². The van der Waals surface area contributed by atoms with Crippen molar-refractivity contribution in [3.8, 4) is 0 Å². The number of benzene rings is 1. The summed E-state index contributed by atoms with van der Waals surface area (Å²) in [4.78, 5) is 1.21. The summed E-state index contributed by atoms with van der Waals surface area (Å²) in [5, 5.41) is 0.906. The van der Waals surface area contributed by atoms with E-state index in [1.165, 1.54) is 10.5 Å². The molecule has 0 unspecified atom stereocenters. The summed E-state index contributed by atoms with van der Waals surface area (Å²) < 4.78 is 0. The minimum atomic E-state index is 0.906.